The van der Waals surface area contributed by atoms with Gasteiger partial charge in [0.25, 0.3) is 0 Å². The third-order valence-corrected chi connectivity index (χ3v) is 4.26. The van der Waals surface area contributed by atoms with Crippen LogP contribution in [0.5, 0.6) is 5.75 Å². The molecule has 0 radical (unpaired) electrons. The number of rotatable bonds is 12. The van der Waals surface area contributed by atoms with E-state index >= 15 is 0 Å². The van der Waals surface area contributed by atoms with Gasteiger partial charge in [-0.05, 0) is 56.4 Å². The third-order valence-electron chi connectivity index (χ3n) is 4.26. The Hall–Kier alpha value is -1.13. The molecule has 1 aliphatic rings. The molecular weight excluding hydrogens is 476 g/mol. The first kappa shape index (κ1) is 24.9. The molecule has 0 aromatic heterocycles. The lowest BCUT2D eigenvalue weighted by molar-refractivity contribution is 0.0168. The van der Waals surface area contributed by atoms with Gasteiger partial charge in [-0.3, -0.25) is 4.99 Å². The van der Waals surface area contributed by atoms with Crippen LogP contribution in [0, 0.1) is 5.82 Å². The summed E-state index contributed by atoms with van der Waals surface area (Å²) in [5.74, 6) is 1.25. The van der Waals surface area contributed by atoms with Crippen molar-refractivity contribution in [3.63, 3.8) is 0 Å². The summed E-state index contributed by atoms with van der Waals surface area (Å²) >= 11 is 0. The Morgan fingerprint density at radius 1 is 1.14 bits per heavy atom. The molecule has 1 unspecified atom stereocenters. The van der Waals surface area contributed by atoms with E-state index in [-0.39, 0.29) is 29.8 Å². The fourth-order valence-corrected chi connectivity index (χ4v) is 2.75. The fraction of sp³-hybridized carbons (Fsp3) is 0.650. The first-order chi connectivity index (χ1) is 13.3. The number of aliphatic imine (C=N–C) groups is 1. The van der Waals surface area contributed by atoms with Crippen molar-refractivity contribution in [2.75, 3.05) is 46.6 Å². The molecular formula is C20H33FIN3O3. The van der Waals surface area contributed by atoms with Crippen LogP contribution in [0.25, 0.3) is 0 Å². The molecule has 1 heterocycles. The summed E-state index contributed by atoms with van der Waals surface area (Å²) in [6, 6.07) is 6.09. The molecule has 2 N–H and O–H groups in total. The van der Waals surface area contributed by atoms with Crippen LogP contribution in [0.2, 0.25) is 0 Å². The van der Waals surface area contributed by atoms with Crippen molar-refractivity contribution in [2.24, 2.45) is 4.99 Å². The van der Waals surface area contributed by atoms with E-state index in [4.69, 9.17) is 14.2 Å². The minimum Gasteiger partial charge on any atom is -0.494 e. The minimum absolute atomic E-state index is 0. The highest BCUT2D eigenvalue weighted by Gasteiger charge is 2.14. The van der Waals surface area contributed by atoms with Gasteiger partial charge in [-0.2, -0.15) is 0 Å². The molecule has 28 heavy (non-hydrogen) atoms. The van der Waals surface area contributed by atoms with Crippen LogP contribution in [0.4, 0.5) is 4.39 Å². The molecule has 1 atom stereocenters. The molecule has 1 saturated heterocycles. The Balaban J connectivity index is 0.00000392. The highest BCUT2D eigenvalue weighted by molar-refractivity contribution is 14.0. The molecule has 1 aliphatic heterocycles. The van der Waals surface area contributed by atoms with Gasteiger partial charge in [-0.25, -0.2) is 4.39 Å². The number of guanidine groups is 1. The van der Waals surface area contributed by atoms with Gasteiger partial charge in [0, 0.05) is 33.4 Å². The summed E-state index contributed by atoms with van der Waals surface area (Å²) in [6.07, 6.45) is 5.36. The number of unbranched alkanes of at least 4 members (excludes halogenated alkanes) is 1. The van der Waals surface area contributed by atoms with Crippen LogP contribution >= 0.6 is 24.0 Å². The van der Waals surface area contributed by atoms with Gasteiger partial charge in [0.05, 0.1) is 19.3 Å². The van der Waals surface area contributed by atoms with Crippen molar-refractivity contribution in [3.8, 4) is 5.75 Å². The van der Waals surface area contributed by atoms with Gasteiger partial charge < -0.3 is 24.8 Å². The van der Waals surface area contributed by atoms with Gasteiger partial charge in [-0.15, -0.1) is 24.0 Å². The van der Waals surface area contributed by atoms with E-state index in [1.165, 1.54) is 12.1 Å². The van der Waals surface area contributed by atoms with Gasteiger partial charge in [0.1, 0.15) is 11.6 Å². The second kappa shape index (κ2) is 15.8. The van der Waals surface area contributed by atoms with Crippen molar-refractivity contribution in [3.05, 3.63) is 30.1 Å². The van der Waals surface area contributed by atoms with Crippen LogP contribution in [0.1, 0.15) is 32.1 Å². The highest BCUT2D eigenvalue weighted by Crippen LogP contribution is 2.12. The molecule has 1 fully saturated rings. The molecule has 2 rings (SSSR count). The van der Waals surface area contributed by atoms with Crippen molar-refractivity contribution >= 4 is 29.9 Å². The molecule has 1 aromatic rings. The monoisotopic (exact) mass is 509 g/mol. The van der Waals surface area contributed by atoms with E-state index < -0.39 is 0 Å². The van der Waals surface area contributed by atoms with E-state index in [0.717, 1.165) is 64.4 Å². The maximum atomic E-state index is 12.8. The van der Waals surface area contributed by atoms with Crippen LogP contribution in [-0.2, 0) is 9.47 Å². The predicted molar refractivity (Wildman–Crippen MR) is 120 cm³/mol. The van der Waals surface area contributed by atoms with Crippen molar-refractivity contribution in [1.82, 2.24) is 10.6 Å². The van der Waals surface area contributed by atoms with Gasteiger partial charge in [-0.1, -0.05) is 0 Å². The van der Waals surface area contributed by atoms with E-state index in [0.29, 0.717) is 25.1 Å². The summed E-state index contributed by atoms with van der Waals surface area (Å²) in [5, 5.41) is 6.56. The molecule has 0 amide bonds. The maximum Gasteiger partial charge on any atom is 0.190 e. The topological polar surface area (TPSA) is 64.1 Å². The Morgan fingerprint density at radius 2 is 1.89 bits per heavy atom. The Kier molecular flexibility index (Phi) is 14.0. The number of ether oxygens (including phenoxy) is 3. The standard InChI is InChI=1S/C20H32FN3O3.HI/c1-22-20(24-12-5-13-25-16-19-6-4-15-27-19)23-11-2-3-14-26-18-9-7-17(21)8-10-18;/h7-10,19H,2-6,11-16H2,1H3,(H2,22,23,24);1H. The Bertz CT molecular complexity index is 540. The Labute approximate surface area is 184 Å². The van der Waals surface area contributed by atoms with E-state index in [1.807, 2.05) is 0 Å². The highest BCUT2D eigenvalue weighted by atomic mass is 127. The summed E-state index contributed by atoms with van der Waals surface area (Å²) in [6.45, 7) is 4.55. The normalized spacial score (nSPS) is 16.5. The zero-order valence-corrected chi connectivity index (χ0v) is 19.0. The van der Waals surface area contributed by atoms with Crippen molar-refractivity contribution in [1.29, 1.82) is 0 Å². The molecule has 6 nitrogen and oxygen atoms in total. The average Bonchev–Trinajstić information content (AvgIpc) is 3.20. The predicted octanol–water partition coefficient (Wildman–Crippen LogP) is 3.35. The van der Waals surface area contributed by atoms with Gasteiger partial charge >= 0.3 is 0 Å². The molecule has 0 bridgehead atoms. The third kappa shape index (κ3) is 11.0. The SMILES string of the molecule is CN=C(NCCCCOc1ccc(F)cc1)NCCCOCC1CCCO1.I. The minimum atomic E-state index is -0.250. The second-order valence-corrected chi connectivity index (χ2v) is 6.50. The van der Waals surface area contributed by atoms with Crippen molar-refractivity contribution < 1.29 is 18.6 Å². The van der Waals surface area contributed by atoms with Crippen LogP contribution in [-0.4, -0.2) is 58.6 Å². The number of benzene rings is 1. The molecule has 8 heteroatoms. The van der Waals surface area contributed by atoms with Crippen molar-refractivity contribution in [2.45, 2.75) is 38.2 Å². The summed E-state index contributed by atoms with van der Waals surface area (Å²) in [5.41, 5.74) is 0. The molecule has 0 spiro atoms. The number of halogens is 2. The molecule has 1 aromatic carbocycles. The average molecular weight is 509 g/mol. The summed E-state index contributed by atoms with van der Waals surface area (Å²) < 4.78 is 29.5. The largest absolute Gasteiger partial charge is 0.494 e. The quantitative estimate of drug-likeness (QED) is 0.196. The fourth-order valence-electron chi connectivity index (χ4n) is 2.75. The first-order valence-corrected chi connectivity index (χ1v) is 9.80. The number of hydrogen-bond donors (Lipinski definition) is 2. The molecule has 0 aliphatic carbocycles. The second-order valence-electron chi connectivity index (χ2n) is 6.50. The lowest BCUT2D eigenvalue weighted by Gasteiger charge is -2.13. The Morgan fingerprint density at radius 3 is 2.57 bits per heavy atom. The van der Waals surface area contributed by atoms with Crippen LogP contribution in [0.15, 0.2) is 29.3 Å². The van der Waals surface area contributed by atoms with E-state index in [1.54, 1.807) is 19.2 Å². The lowest BCUT2D eigenvalue weighted by atomic mass is 10.2. The number of nitrogens with zero attached hydrogens (tertiary/aromatic N) is 1. The van der Waals surface area contributed by atoms with Crippen LogP contribution in [0.3, 0.4) is 0 Å². The zero-order chi connectivity index (χ0) is 19.2. The summed E-state index contributed by atoms with van der Waals surface area (Å²) in [4.78, 5) is 4.21. The molecule has 160 valence electrons. The number of nitrogens with one attached hydrogen (secondary N) is 2. The first-order valence-electron chi connectivity index (χ1n) is 9.80. The van der Waals surface area contributed by atoms with Gasteiger partial charge in [0.2, 0.25) is 0 Å². The number of hydrogen-bond acceptors (Lipinski definition) is 4. The van der Waals surface area contributed by atoms with E-state index in [9.17, 15) is 4.39 Å². The zero-order valence-electron chi connectivity index (χ0n) is 16.6. The van der Waals surface area contributed by atoms with E-state index in [2.05, 4.69) is 15.6 Å². The summed E-state index contributed by atoms with van der Waals surface area (Å²) in [7, 11) is 1.76. The van der Waals surface area contributed by atoms with Gasteiger partial charge in [0.15, 0.2) is 5.96 Å². The smallest absolute Gasteiger partial charge is 0.190 e. The lowest BCUT2D eigenvalue weighted by Crippen LogP contribution is -2.38. The van der Waals surface area contributed by atoms with Crippen LogP contribution < -0.4 is 15.4 Å². The maximum absolute atomic E-state index is 12.8. The molecule has 0 saturated carbocycles.